The quantitative estimate of drug-likeness (QED) is 0.415. The fraction of sp³-hybridized carbons (Fsp3) is 0.550. The molecule has 11 heteroatoms. The van der Waals surface area contributed by atoms with Crippen molar-refractivity contribution in [2.45, 2.75) is 51.0 Å². The van der Waals surface area contributed by atoms with Gasteiger partial charge in [-0.25, -0.2) is 18.5 Å². The largest absolute Gasteiger partial charge is 0.493 e. The van der Waals surface area contributed by atoms with Crippen molar-refractivity contribution in [3.8, 4) is 5.75 Å². The smallest absolute Gasteiger partial charge is 0.267 e. The summed E-state index contributed by atoms with van der Waals surface area (Å²) in [4.78, 5) is 12.7. The molecule has 5 N–H and O–H groups in total. The Labute approximate surface area is 180 Å². The van der Waals surface area contributed by atoms with Crippen molar-refractivity contribution < 1.29 is 17.5 Å². The zero-order valence-electron chi connectivity index (χ0n) is 17.3. The van der Waals surface area contributed by atoms with Gasteiger partial charge in [-0.05, 0) is 42.0 Å². The van der Waals surface area contributed by atoms with E-state index in [-0.39, 0.29) is 42.3 Å². The van der Waals surface area contributed by atoms with Gasteiger partial charge in [0.1, 0.15) is 11.5 Å². The summed E-state index contributed by atoms with van der Waals surface area (Å²) in [6.07, 6.45) is 1.21. The van der Waals surface area contributed by atoms with Crippen LogP contribution in [0.4, 0.5) is 4.39 Å². The number of alkyl halides is 1. The van der Waals surface area contributed by atoms with Crippen LogP contribution in [0.2, 0.25) is 0 Å². The third-order valence-corrected chi connectivity index (χ3v) is 6.47. The van der Waals surface area contributed by atoms with Gasteiger partial charge in [-0.1, -0.05) is 13.0 Å². The number of aliphatic imine (C=N–C) groups is 3. The van der Waals surface area contributed by atoms with E-state index >= 15 is 0 Å². The van der Waals surface area contributed by atoms with Gasteiger partial charge in [-0.2, -0.15) is 4.39 Å². The number of hydrogen-bond acceptors (Lipinski definition) is 7. The van der Waals surface area contributed by atoms with Gasteiger partial charge in [-0.3, -0.25) is 9.98 Å². The molecule has 2 heterocycles. The van der Waals surface area contributed by atoms with Crippen LogP contribution in [0.5, 0.6) is 5.75 Å². The number of nitrogens with zero attached hydrogens (tertiary/aromatic N) is 3. The van der Waals surface area contributed by atoms with Gasteiger partial charge in [0.25, 0.3) is 6.42 Å². The van der Waals surface area contributed by atoms with Crippen LogP contribution in [-0.2, 0) is 22.9 Å². The van der Waals surface area contributed by atoms with Crippen molar-refractivity contribution >= 4 is 27.4 Å². The highest BCUT2D eigenvalue weighted by atomic mass is 32.2. The molecule has 9 nitrogen and oxygen atoms in total. The highest BCUT2D eigenvalue weighted by molar-refractivity contribution is 7.89. The number of halogens is 1. The first-order chi connectivity index (χ1) is 14.7. The van der Waals surface area contributed by atoms with Crippen molar-refractivity contribution in [3.05, 3.63) is 28.8 Å². The van der Waals surface area contributed by atoms with E-state index in [1.807, 2.05) is 0 Å². The van der Waals surface area contributed by atoms with Crippen LogP contribution in [-0.4, -0.2) is 57.2 Å². The molecule has 1 aromatic carbocycles. The molecule has 0 amide bonds. The predicted octanol–water partition coefficient (Wildman–Crippen LogP) is 0.771. The molecule has 1 aliphatic carbocycles. The highest BCUT2D eigenvalue weighted by Gasteiger charge is 2.41. The number of amidine groups is 2. The molecule has 0 spiro atoms. The molecule has 3 atom stereocenters. The molecule has 1 aromatic rings. The maximum Gasteiger partial charge on any atom is 0.267 e. The number of hydrogen-bond donors (Lipinski definition) is 3. The molecule has 1 saturated carbocycles. The monoisotopic (exact) mass is 450 g/mol. The Morgan fingerprint density at radius 1 is 1.39 bits per heavy atom. The molecule has 0 bridgehead atoms. The fourth-order valence-electron chi connectivity index (χ4n) is 3.99. The molecule has 31 heavy (non-hydrogen) atoms. The first-order valence-corrected chi connectivity index (χ1v) is 12.1. The van der Waals surface area contributed by atoms with Crippen LogP contribution >= 0.6 is 0 Å². The summed E-state index contributed by atoms with van der Waals surface area (Å²) in [6, 6.07) is 4.34. The number of sulfonamides is 1. The maximum atomic E-state index is 13.8. The number of benzene rings is 1. The minimum absolute atomic E-state index is 0.0129. The zero-order valence-corrected chi connectivity index (χ0v) is 18.2. The molecule has 3 unspecified atom stereocenters. The lowest BCUT2D eigenvalue weighted by Crippen LogP contribution is -2.48. The van der Waals surface area contributed by atoms with E-state index in [0.717, 1.165) is 25.0 Å². The first kappa shape index (κ1) is 21.7. The van der Waals surface area contributed by atoms with E-state index in [1.165, 1.54) is 16.7 Å². The Balaban J connectivity index is 1.53. The van der Waals surface area contributed by atoms with Crippen molar-refractivity contribution in [2.24, 2.45) is 25.8 Å². The van der Waals surface area contributed by atoms with Gasteiger partial charge < -0.3 is 15.8 Å². The molecule has 2 aliphatic heterocycles. The molecule has 3 aliphatic rings. The number of aryl methyl sites for hydroxylation is 1. The van der Waals surface area contributed by atoms with E-state index < -0.39 is 16.4 Å². The maximum absolute atomic E-state index is 13.8. The van der Waals surface area contributed by atoms with Crippen LogP contribution in [0.1, 0.15) is 42.4 Å². The van der Waals surface area contributed by atoms with Gasteiger partial charge in [0.15, 0.2) is 11.7 Å². The molecular formula is C20H27FN6O3S. The first-order valence-electron chi connectivity index (χ1n) is 10.4. The Bertz CT molecular complexity index is 1070. The molecule has 0 saturated heterocycles. The van der Waals surface area contributed by atoms with E-state index in [4.69, 9.17) is 20.6 Å². The van der Waals surface area contributed by atoms with Crippen molar-refractivity contribution in [3.63, 3.8) is 0 Å². The summed E-state index contributed by atoms with van der Waals surface area (Å²) in [7, 11) is -3.57. The van der Waals surface area contributed by atoms with Gasteiger partial charge >= 0.3 is 0 Å². The molecule has 1 fully saturated rings. The second-order valence-electron chi connectivity index (χ2n) is 7.94. The van der Waals surface area contributed by atoms with Crippen LogP contribution in [0.3, 0.4) is 0 Å². The predicted molar refractivity (Wildman–Crippen MR) is 118 cm³/mol. The molecule has 0 radical (unpaired) electrons. The number of primary sulfonamides is 1. The Hall–Kier alpha value is -2.53. The van der Waals surface area contributed by atoms with Gasteiger partial charge in [-0.15, -0.1) is 0 Å². The van der Waals surface area contributed by atoms with Crippen LogP contribution in [0.15, 0.2) is 27.1 Å². The normalized spacial score (nSPS) is 27.6. The standard InChI is InChI=1S/C20H27FN6O3S/c1-2-11-8-12-4-6-30-16(12)10-13(11)14-9-15(14)25-17-18(22)26-20(21)27-19(17)24-5-3-7-31(23,28)29/h8,10,14-15,20H,2-7,9H2,1H3,(H2,22,26)(H,24,27)(H2,23,28,29). The summed E-state index contributed by atoms with van der Waals surface area (Å²) >= 11 is 0. The average molecular weight is 451 g/mol. The fourth-order valence-corrected chi connectivity index (χ4v) is 4.52. The Morgan fingerprint density at radius 3 is 2.94 bits per heavy atom. The number of fused-ring (bicyclic) bond motifs is 1. The van der Waals surface area contributed by atoms with Gasteiger partial charge in [0.2, 0.25) is 10.0 Å². The van der Waals surface area contributed by atoms with Crippen LogP contribution in [0.25, 0.3) is 0 Å². The SMILES string of the molecule is CCc1cc2c(cc1C1CC1N=C1C(N)=NC(F)NC1=NCCCS(N)(=O)=O)OCC2. The highest BCUT2D eigenvalue weighted by Crippen LogP contribution is 2.47. The lowest BCUT2D eigenvalue weighted by Gasteiger charge is -2.19. The van der Waals surface area contributed by atoms with Crippen molar-refractivity contribution in [1.82, 2.24) is 5.32 Å². The number of nitrogens with one attached hydrogen (secondary N) is 1. The van der Waals surface area contributed by atoms with Gasteiger partial charge in [0, 0.05) is 18.9 Å². The lowest BCUT2D eigenvalue weighted by atomic mass is 9.97. The second kappa shape index (κ2) is 8.54. The molecule has 0 aromatic heterocycles. The summed E-state index contributed by atoms with van der Waals surface area (Å²) in [5.41, 5.74) is 10.0. The summed E-state index contributed by atoms with van der Waals surface area (Å²) in [6.45, 7) is 2.99. The minimum Gasteiger partial charge on any atom is -0.493 e. The van der Waals surface area contributed by atoms with Crippen molar-refractivity contribution in [2.75, 3.05) is 18.9 Å². The third-order valence-electron chi connectivity index (χ3n) is 5.62. The number of rotatable bonds is 7. The zero-order chi connectivity index (χ0) is 22.2. The third kappa shape index (κ3) is 5.04. The Kier molecular flexibility index (Phi) is 5.98. The molecular weight excluding hydrogens is 423 g/mol. The van der Waals surface area contributed by atoms with Crippen molar-refractivity contribution in [1.29, 1.82) is 0 Å². The number of nitrogens with two attached hydrogens (primary N) is 2. The topological polar surface area (TPSA) is 145 Å². The lowest BCUT2D eigenvalue weighted by molar-refractivity contribution is 0.324. The summed E-state index contributed by atoms with van der Waals surface area (Å²) in [5.74, 6) is 1.15. The minimum atomic E-state index is -3.57. The van der Waals surface area contributed by atoms with Crippen LogP contribution in [0, 0.1) is 0 Å². The summed E-state index contributed by atoms with van der Waals surface area (Å²) in [5, 5.41) is 7.53. The van der Waals surface area contributed by atoms with E-state index in [1.54, 1.807) is 0 Å². The van der Waals surface area contributed by atoms with E-state index in [2.05, 4.69) is 34.4 Å². The molecule has 168 valence electrons. The van der Waals surface area contributed by atoms with Crippen LogP contribution < -0.4 is 20.9 Å². The van der Waals surface area contributed by atoms with E-state index in [0.29, 0.717) is 12.3 Å². The summed E-state index contributed by atoms with van der Waals surface area (Å²) < 4.78 is 41.7. The number of ether oxygens (including phenoxy) is 1. The van der Waals surface area contributed by atoms with E-state index in [9.17, 15) is 12.8 Å². The van der Waals surface area contributed by atoms with Gasteiger partial charge in [0.05, 0.1) is 18.4 Å². The molecule has 4 rings (SSSR count). The average Bonchev–Trinajstić information content (AvgIpc) is 3.31. The Morgan fingerprint density at radius 2 is 2.19 bits per heavy atom. The second-order valence-corrected chi connectivity index (χ2v) is 9.68.